The third-order valence-electron chi connectivity index (χ3n) is 1.93. The zero-order valence-electron chi connectivity index (χ0n) is 8.57. The molecule has 0 aromatic rings. The molecule has 1 saturated heterocycles. The molecule has 1 aliphatic heterocycles. The van der Waals surface area contributed by atoms with Gasteiger partial charge in [-0.1, -0.05) is 0 Å². The van der Waals surface area contributed by atoms with Crippen LogP contribution in [0.5, 0.6) is 0 Å². The fraction of sp³-hybridized carbons (Fsp3) is 0.875. The summed E-state index contributed by atoms with van der Waals surface area (Å²) in [4.78, 5) is 0. The first-order valence-corrected chi connectivity index (χ1v) is 7.28. The minimum atomic E-state index is -3.03. The molecule has 0 saturated carbocycles. The van der Waals surface area contributed by atoms with Crippen LogP contribution in [0.2, 0.25) is 0 Å². The summed E-state index contributed by atoms with van der Waals surface area (Å²) in [5.74, 6) is 0.0132. The normalized spacial score (nSPS) is 29.1. The smallest absolute Gasteiger partial charge is 0.257 e. The molecule has 7 heteroatoms. The Labute approximate surface area is 100 Å². The first kappa shape index (κ1) is 13.0. The summed E-state index contributed by atoms with van der Waals surface area (Å²) in [6.07, 6.45) is -0.0308. The number of nitrogens with one attached hydrogen (secondary N) is 1. The predicted molar refractivity (Wildman–Crippen MR) is 64.0 cm³/mol. The summed E-state index contributed by atoms with van der Waals surface area (Å²) in [5.41, 5.74) is 0. The minimum Gasteiger partial charge on any atom is -0.468 e. The Morgan fingerprint density at radius 2 is 2.13 bits per heavy atom. The van der Waals surface area contributed by atoms with Crippen LogP contribution < -0.4 is 5.32 Å². The molecule has 2 atom stereocenters. The van der Waals surface area contributed by atoms with E-state index in [9.17, 15) is 8.42 Å². The zero-order valence-corrected chi connectivity index (χ0v) is 11.0. The number of sulfone groups is 1. The summed E-state index contributed by atoms with van der Waals surface area (Å²) in [5, 5.41) is 2.58. The van der Waals surface area contributed by atoms with E-state index in [1.165, 1.54) is 0 Å². The van der Waals surface area contributed by atoms with Gasteiger partial charge in [-0.3, -0.25) is 0 Å². The van der Waals surface area contributed by atoms with Crippen molar-refractivity contribution in [3.63, 3.8) is 0 Å². The molecule has 1 N–H and O–H groups in total. The maximum atomic E-state index is 11.2. The third-order valence-corrected chi connectivity index (χ3v) is 4.52. The number of ether oxygens (including phenoxy) is 1. The number of halogens is 1. The highest BCUT2D eigenvalue weighted by Gasteiger charge is 2.37. The van der Waals surface area contributed by atoms with Crippen LogP contribution >= 0.6 is 23.8 Å². The van der Waals surface area contributed by atoms with E-state index < -0.39 is 15.2 Å². The van der Waals surface area contributed by atoms with Crippen molar-refractivity contribution in [3.05, 3.63) is 0 Å². The molecule has 0 aliphatic carbocycles. The van der Waals surface area contributed by atoms with Crippen LogP contribution in [0.25, 0.3) is 0 Å². The second-order valence-electron chi connectivity index (χ2n) is 3.80. The number of alkyl halides is 1. The SMILES string of the molecule is CC(C)OC(=S)N[C@H]1CS(=O)(=O)C[C@H]1Cl. The van der Waals surface area contributed by atoms with Gasteiger partial charge in [-0.15, -0.1) is 11.6 Å². The molecule has 15 heavy (non-hydrogen) atoms. The number of hydrogen-bond acceptors (Lipinski definition) is 4. The molecule has 0 radical (unpaired) electrons. The van der Waals surface area contributed by atoms with Crippen LogP contribution in [0.1, 0.15) is 13.8 Å². The van der Waals surface area contributed by atoms with E-state index in [1.54, 1.807) is 0 Å². The maximum absolute atomic E-state index is 11.2. The lowest BCUT2D eigenvalue weighted by molar-refractivity contribution is 0.222. The Kier molecular flexibility index (Phi) is 4.20. The van der Waals surface area contributed by atoms with E-state index in [-0.39, 0.29) is 28.8 Å². The molecule has 1 rings (SSSR count). The summed E-state index contributed by atoms with van der Waals surface area (Å²) in [6.45, 7) is 3.69. The molecule has 1 aliphatic rings. The molecule has 0 spiro atoms. The lowest BCUT2D eigenvalue weighted by Crippen LogP contribution is -2.41. The summed E-state index contributed by atoms with van der Waals surface area (Å²) in [6, 6.07) is -0.345. The van der Waals surface area contributed by atoms with Crippen LogP contribution in [-0.4, -0.2) is 42.6 Å². The molecule has 0 unspecified atom stereocenters. The van der Waals surface area contributed by atoms with Crippen molar-refractivity contribution in [1.29, 1.82) is 0 Å². The molecule has 0 amide bonds. The Morgan fingerprint density at radius 3 is 2.53 bits per heavy atom. The van der Waals surface area contributed by atoms with E-state index in [1.807, 2.05) is 13.8 Å². The lowest BCUT2D eigenvalue weighted by atomic mass is 10.3. The maximum Gasteiger partial charge on any atom is 0.257 e. The van der Waals surface area contributed by atoms with Gasteiger partial charge in [0.2, 0.25) is 0 Å². The number of thiocarbonyl (C=S) groups is 1. The van der Waals surface area contributed by atoms with Crippen molar-refractivity contribution < 1.29 is 13.2 Å². The van der Waals surface area contributed by atoms with Crippen molar-refractivity contribution in [2.24, 2.45) is 0 Å². The Bertz CT molecular complexity index is 342. The third kappa shape index (κ3) is 4.12. The van der Waals surface area contributed by atoms with Crippen molar-refractivity contribution in [2.45, 2.75) is 31.4 Å². The summed E-state index contributed by atoms with van der Waals surface area (Å²) in [7, 11) is -3.03. The summed E-state index contributed by atoms with van der Waals surface area (Å²) < 4.78 is 27.7. The molecule has 88 valence electrons. The van der Waals surface area contributed by atoms with Gasteiger partial charge in [0, 0.05) is 0 Å². The van der Waals surface area contributed by atoms with Crippen molar-refractivity contribution in [3.8, 4) is 0 Å². The second-order valence-corrected chi connectivity index (χ2v) is 6.88. The Balaban J connectivity index is 2.50. The molecular formula is C8H14ClNO3S2. The standard InChI is InChI=1S/C8H14ClNO3S2/c1-5(2)13-8(14)10-7-4-15(11,12)3-6(7)9/h5-7H,3-4H2,1-2H3,(H,10,14)/t6-,7+/m1/s1. The molecule has 0 aromatic heterocycles. The van der Waals surface area contributed by atoms with Crippen LogP contribution in [0.3, 0.4) is 0 Å². The van der Waals surface area contributed by atoms with Crippen LogP contribution in [-0.2, 0) is 14.6 Å². The van der Waals surface area contributed by atoms with E-state index in [0.29, 0.717) is 0 Å². The van der Waals surface area contributed by atoms with Gasteiger partial charge in [-0.25, -0.2) is 8.42 Å². The van der Waals surface area contributed by atoms with Crippen LogP contribution in [0.4, 0.5) is 0 Å². The van der Waals surface area contributed by atoms with Gasteiger partial charge < -0.3 is 10.1 Å². The summed E-state index contributed by atoms with van der Waals surface area (Å²) >= 11 is 10.8. The van der Waals surface area contributed by atoms with Gasteiger partial charge >= 0.3 is 0 Å². The van der Waals surface area contributed by atoms with Gasteiger partial charge in [0.15, 0.2) is 9.84 Å². The first-order chi connectivity index (χ1) is 6.80. The fourth-order valence-corrected chi connectivity index (χ4v) is 4.23. The molecule has 0 aromatic carbocycles. The number of hydrogen-bond donors (Lipinski definition) is 1. The first-order valence-electron chi connectivity index (χ1n) is 4.62. The van der Waals surface area contributed by atoms with Crippen LogP contribution in [0.15, 0.2) is 0 Å². The van der Waals surface area contributed by atoms with E-state index in [0.717, 1.165) is 0 Å². The van der Waals surface area contributed by atoms with E-state index in [4.69, 9.17) is 28.6 Å². The minimum absolute atomic E-state index is 0.00346. The Hall–Kier alpha value is -0.0700. The zero-order chi connectivity index (χ0) is 11.6. The Morgan fingerprint density at radius 1 is 1.53 bits per heavy atom. The van der Waals surface area contributed by atoms with E-state index in [2.05, 4.69) is 5.32 Å². The highest BCUT2D eigenvalue weighted by atomic mass is 35.5. The van der Waals surface area contributed by atoms with Crippen molar-refractivity contribution in [1.82, 2.24) is 5.32 Å². The molecular weight excluding hydrogens is 258 g/mol. The van der Waals surface area contributed by atoms with Crippen LogP contribution in [0, 0.1) is 0 Å². The highest BCUT2D eigenvalue weighted by Crippen LogP contribution is 2.18. The topological polar surface area (TPSA) is 55.4 Å². The average molecular weight is 272 g/mol. The fourth-order valence-electron chi connectivity index (χ4n) is 1.34. The van der Waals surface area contributed by atoms with Gasteiger partial charge in [0.05, 0.1) is 29.0 Å². The van der Waals surface area contributed by atoms with Gasteiger partial charge in [-0.2, -0.15) is 0 Å². The molecule has 1 fully saturated rings. The van der Waals surface area contributed by atoms with Crippen molar-refractivity contribution in [2.75, 3.05) is 11.5 Å². The van der Waals surface area contributed by atoms with Gasteiger partial charge in [0.25, 0.3) is 5.17 Å². The molecule has 0 bridgehead atoms. The van der Waals surface area contributed by atoms with Gasteiger partial charge in [0.1, 0.15) is 0 Å². The quantitative estimate of drug-likeness (QED) is 0.592. The van der Waals surface area contributed by atoms with Crippen molar-refractivity contribution >= 4 is 38.8 Å². The average Bonchev–Trinajstić information content (AvgIpc) is 2.22. The molecule has 4 nitrogen and oxygen atoms in total. The lowest BCUT2D eigenvalue weighted by Gasteiger charge is -2.18. The van der Waals surface area contributed by atoms with E-state index >= 15 is 0 Å². The number of rotatable bonds is 2. The monoisotopic (exact) mass is 271 g/mol. The second kappa shape index (κ2) is 4.84. The molecule has 1 heterocycles. The largest absolute Gasteiger partial charge is 0.468 e. The highest BCUT2D eigenvalue weighted by molar-refractivity contribution is 7.91. The predicted octanol–water partition coefficient (Wildman–Crippen LogP) is 0.690. The van der Waals surface area contributed by atoms with Gasteiger partial charge in [-0.05, 0) is 26.1 Å².